The van der Waals surface area contributed by atoms with E-state index >= 15 is 0 Å². The van der Waals surface area contributed by atoms with Gasteiger partial charge in [-0.3, -0.25) is 19.3 Å². The van der Waals surface area contributed by atoms with Gasteiger partial charge < -0.3 is 20.1 Å². The molecule has 0 atom stereocenters. The van der Waals surface area contributed by atoms with Crippen LogP contribution in [0, 0.1) is 0 Å². The Morgan fingerprint density at radius 3 is 2.26 bits per heavy atom. The van der Waals surface area contributed by atoms with E-state index in [0.29, 0.717) is 17.0 Å². The van der Waals surface area contributed by atoms with Crippen LogP contribution in [0.2, 0.25) is 0 Å². The Balaban J connectivity index is 1.95. The largest absolute Gasteiger partial charge is 0.497 e. The molecule has 2 aromatic carbocycles. The van der Waals surface area contributed by atoms with E-state index in [1.165, 1.54) is 11.8 Å². The number of benzene rings is 2. The van der Waals surface area contributed by atoms with E-state index in [4.69, 9.17) is 4.74 Å². The average Bonchev–Trinajstić information content (AvgIpc) is 2.99. The number of hydrogen-bond donors (Lipinski definition) is 2. The Labute approximate surface area is 180 Å². The van der Waals surface area contributed by atoms with Crippen LogP contribution in [0.15, 0.2) is 54.2 Å². The van der Waals surface area contributed by atoms with E-state index in [0.717, 1.165) is 5.56 Å². The van der Waals surface area contributed by atoms with E-state index in [1.807, 2.05) is 0 Å². The van der Waals surface area contributed by atoms with Crippen LogP contribution >= 0.6 is 0 Å². The number of anilines is 1. The van der Waals surface area contributed by atoms with Crippen molar-refractivity contribution in [1.29, 1.82) is 0 Å². The molecule has 2 N–H and O–H groups in total. The Kier molecular flexibility index (Phi) is 6.71. The molecule has 2 aromatic rings. The van der Waals surface area contributed by atoms with Crippen molar-refractivity contribution in [2.75, 3.05) is 32.6 Å². The number of aliphatic hydroxyl groups excluding tert-OH is 1. The predicted octanol–water partition coefficient (Wildman–Crippen LogP) is 1.86. The summed E-state index contributed by atoms with van der Waals surface area (Å²) in [5.41, 5.74) is 2.44. The number of nitrogens with zero attached hydrogens (tertiary/aromatic N) is 2. The molecule has 0 spiro atoms. The van der Waals surface area contributed by atoms with Crippen molar-refractivity contribution < 1.29 is 24.2 Å². The van der Waals surface area contributed by atoms with Gasteiger partial charge in [0.15, 0.2) is 0 Å². The molecule has 31 heavy (non-hydrogen) atoms. The molecule has 0 saturated heterocycles. The number of likely N-dealkylation sites (N-methyl/N-ethyl adjacent to an activating group) is 1. The summed E-state index contributed by atoms with van der Waals surface area (Å²) in [5.74, 6) is -0.344. The van der Waals surface area contributed by atoms with Gasteiger partial charge in [-0.1, -0.05) is 24.3 Å². The van der Waals surface area contributed by atoms with Gasteiger partial charge in [-0.25, -0.2) is 0 Å². The highest BCUT2D eigenvalue weighted by molar-refractivity contribution is 6.35. The highest BCUT2D eigenvalue weighted by Crippen LogP contribution is 2.32. The van der Waals surface area contributed by atoms with E-state index in [9.17, 15) is 19.5 Å². The van der Waals surface area contributed by atoms with Crippen LogP contribution in [-0.4, -0.2) is 59.9 Å². The van der Waals surface area contributed by atoms with Gasteiger partial charge >= 0.3 is 0 Å². The lowest BCUT2D eigenvalue weighted by Crippen LogP contribution is -2.34. The molecule has 162 valence electrons. The van der Waals surface area contributed by atoms with Gasteiger partial charge in [0.05, 0.1) is 25.8 Å². The van der Waals surface area contributed by atoms with Crippen molar-refractivity contribution in [3.8, 4) is 5.75 Å². The van der Waals surface area contributed by atoms with Crippen LogP contribution in [0.1, 0.15) is 18.1 Å². The third-order valence-corrected chi connectivity index (χ3v) is 4.95. The van der Waals surface area contributed by atoms with Gasteiger partial charge in [-0.2, -0.15) is 0 Å². The van der Waals surface area contributed by atoms with Gasteiger partial charge in [0, 0.05) is 26.2 Å². The van der Waals surface area contributed by atoms with Crippen molar-refractivity contribution in [3.05, 3.63) is 65.4 Å². The molecule has 8 heteroatoms. The van der Waals surface area contributed by atoms with E-state index < -0.39 is 11.8 Å². The average molecular weight is 423 g/mol. The van der Waals surface area contributed by atoms with Gasteiger partial charge in [0.1, 0.15) is 11.4 Å². The normalized spacial score (nSPS) is 13.6. The topological polar surface area (TPSA) is 99.2 Å². The molecule has 1 heterocycles. The smallest absolute Gasteiger partial charge is 0.278 e. The van der Waals surface area contributed by atoms with Gasteiger partial charge in [-0.15, -0.1) is 0 Å². The molecular formula is C23H25N3O5. The molecule has 8 nitrogen and oxygen atoms in total. The van der Waals surface area contributed by atoms with Crippen LogP contribution in [0.5, 0.6) is 5.75 Å². The second-order valence-electron chi connectivity index (χ2n) is 7.17. The lowest BCUT2D eigenvalue weighted by atomic mass is 10.0. The highest BCUT2D eigenvalue weighted by Gasteiger charge is 2.40. The fraction of sp³-hybridized carbons (Fsp3) is 0.261. The Hall–Kier alpha value is -3.65. The zero-order valence-corrected chi connectivity index (χ0v) is 17.7. The Bertz CT molecular complexity index is 1010. The second kappa shape index (κ2) is 9.44. The van der Waals surface area contributed by atoms with Gasteiger partial charge in [0.2, 0.25) is 5.91 Å². The number of imide groups is 1. The van der Waals surface area contributed by atoms with Crippen LogP contribution in [-0.2, 0) is 20.9 Å². The molecule has 0 saturated carbocycles. The first kappa shape index (κ1) is 22.0. The van der Waals surface area contributed by atoms with Crippen LogP contribution in [0.3, 0.4) is 0 Å². The zero-order valence-electron chi connectivity index (χ0n) is 17.7. The molecular weight excluding hydrogens is 398 g/mol. The number of ether oxygens (including phenoxy) is 1. The minimum absolute atomic E-state index is 0.117. The summed E-state index contributed by atoms with van der Waals surface area (Å²) in [7, 11) is 3.23. The summed E-state index contributed by atoms with van der Waals surface area (Å²) in [4.78, 5) is 40.5. The highest BCUT2D eigenvalue weighted by atomic mass is 16.5. The summed E-state index contributed by atoms with van der Waals surface area (Å²) in [6, 6.07) is 13.9. The van der Waals surface area contributed by atoms with E-state index in [1.54, 1.807) is 67.6 Å². The second-order valence-corrected chi connectivity index (χ2v) is 7.17. The maximum Gasteiger partial charge on any atom is 0.278 e. The number of hydrogen-bond acceptors (Lipinski definition) is 6. The number of aliphatic hydroxyl groups is 1. The number of carbonyl (C=O) groups excluding carboxylic acids is 3. The molecule has 3 amide bonds. The molecule has 0 radical (unpaired) electrons. The Morgan fingerprint density at radius 1 is 1.06 bits per heavy atom. The van der Waals surface area contributed by atoms with Gasteiger partial charge in [0.25, 0.3) is 11.8 Å². The van der Waals surface area contributed by atoms with E-state index in [-0.39, 0.29) is 36.9 Å². The SMILES string of the molecule is COc1ccc(CN2C(=O)C(c3ccc(NC(C)=O)cc3)=C(N(C)CCO)C2=O)cc1. The number of methoxy groups -OCH3 is 1. The van der Waals surface area contributed by atoms with Crippen molar-refractivity contribution in [3.63, 3.8) is 0 Å². The molecule has 0 aliphatic carbocycles. The minimum Gasteiger partial charge on any atom is -0.497 e. The summed E-state index contributed by atoms with van der Waals surface area (Å²) >= 11 is 0. The summed E-state index contributed by atoms with van der Waals surface area (Å²) in [5, 5.41) is 12.0. The first-order valence-corrected chi connectivity index (χ1v) is 9.79. The fourth-order valence-corrected chi connectivity index (χ4v) is 3.42. The predicted molar refractivity (Wildman–Crippen MR) is 116 cm³/mol. The molecule has 1 aliphatic heterocycles. The van der Waals surface area contributed by atoms with Crippen molar-refractivity contribution in [2.45, 2.75) is 13.5 Å². The van der Waals surface area contributed by atoms with Crippen molar-refractivity contribution in [2.24, 2.45) is 0 Å². The Morgan fingerprint density at radius 2 is 1.71 bits per heavy atom. The lowest BCUT2D eigenvalue weighted by Gasteiger charge is -2.20. The number of carbonyl (C=O) groups is 3. The third-order valence-electron chi connectivity index (χ3n) is 4.95. The van der Waals surface area contributed by atoms with Crippen LogP contribution < -0.4 is 10.1 Å². The molecule has 3 rings (SSSR count). The van der Waals surface area contributed by atoms with Gasteiger partial charge in [-0.05, 0) is 35.4 Å². The van der Waals surface area contributed by atoms with Crippen molar-refractivity contribution >= 4 is 29.0 Å². The number of amides is 3. The molecule has 0 aromatic heterocycles. The van der Waals surface area contributed by atoms with E-state index in [2.05, 4.69) is 5.32 Å². The van der Waals surface area contributed by atoms with Crippen LogP contribution in [0.4, 0.5) is 5.69 Å². The zero-order chi connectivity index (χ0) is 22.5. The van der Waals surface area contributed by atoms with Crippen molar-refractivity contribution in [1.82, 2.24) is 9.80 Å². The van der Waals surface area contributed by atoms with Crippen LogP contribution in [0.25, 0.3) is 5.57 Å². The first-order chi connectivity index (χ1) is 14.8. The first-order valence-electron chi connectivity index (χ1n) is 9.79. The fourth-order valence-electron chi connectivity index (χ4n) is 3.42. The standard InChI is InChI=1S/C23H25N3O5/c1-15(28)24-18-8-6-17(7-9-18)20-21(25(2)12-13-27)23(30)26(22(20)29)14-16-4-10-19(31-3)11-5-16/h4-11,27H,12-14H2,1-3H3,(H,24,28). The third kappa shape index (κ3) is 4.75. The minimum atomic E-state index is -0.419. The quantitative estimate of drug-likeness (QED) is 0.629. The molecule has 0 fully saturated rings. The molecule has 0 unspecified atom stereocenters. The summed E-state index contributed by atoms with van der Waals surface area (Å²) in [6.07, 6.45) is 0. The summed E-state index contributed by atoms with van der Waals surface area (Å²) in [6.45, 7) is 1.58. The molecule has 0 bridgehead atoms. The number of nitrogens with one attached hydrogen (secondary N) is 1. The maximum atomic E-state index is 13.3. The molecule has 1 aliphatic rings. The summed E-state index contributed by atoms with van der Waals surface area (Å²) < 4.78 is 5.15. The monoisotopic (exact) mass is 423 g/mol. The maximum absolute atomic E-state index is 13.3. The lowest BCUT2D eigenvalue weighted by molar-refractivity contribution is -0.138. The number of rotatable bonds is 8.